The molecule has 0 spiro atoms. The molecule has 0 aromatic heterocycles. The third-order valence-corrected chi connectivity index (χ3v) is 3.37. The maximum atomic E-state index is 11.0. The molecule has 0 aromatic carbocycles. The summed E-state index contributed by atoms with van der Waals surface area (Å²) in [6.07, 6.45) is 1.60. The second-order valence-electron chi connectivity index (χ2n) is 4.72. The van der Waals surface area contributed by atoms with Gasteiger partial charge in [0.15, 0.2) is 13.9 Å². The lowest BCUT2D eigenvalue weighted by atomic mass is 10.2. The predicted molar refractivity (Wildman–Crippen MR) is 53.2 cm³/mol. The van der Waals surface area contributed by atoms with E-state index >= 15 is 0 Å². The second kappa shape index (κ2) is 3.10. The molecule has 1 aliphatic carbocycles. The van der Waals surface area contributed by atoms with Gasteiger partial charge in [-0.15, -0.1) is 0 Å². The molecule has 0 radical (unpaired) electrons. The molecule has 0 amide bonds. The van der Waals surface area contributed by atoms with Crippen LogP contribution < -0.4 is 0 Å². The van der Waals surface area contributed by atoms with Gasteiger partial charge in [-0.2, -0.15) is 0 Å². The molecule has 2 atom stereocenters. The van der Waals surface area contributed by atoms with Crippen LogP contribution in [0, 0.1) is 5.92 Å². The van der Waals surface area contributed by atoms with E-state index in [0.717, 1.165) is 6.42 Å². The van der Waals surface area contributed by atoms with Gasteiger partial charge < -0.3 is 9.53 Å². The Bertz CT molecular complexity index is 221. The minimum atomic E-state index is -1.73. The molecule has 0 aliphatic heterocycles. The fourth-order valence-corrected chi connectivity index (χ4v) is 3.19. The fraction of sp³-hybridized carbons (Fsp3) is 0.889. The molecule has 1 rings (SSSR count). The van der Waals surface area contributed by atoms with Crippen LogP contribution >= 0.6 is 0 Å². The second-order valence-corrected chi connectivity index (χ2v) is 9.15. The van der Waals surface area contributed by atoms with Crippen LogP contribution in [0.25, 0.3) is 0 Å². The minimum Gasteiger partial charge on any atom is -0.479 e. The van der Waals surface area contributed by atoms with Crippen LogP contribution in [0.5, 0.6) is 0 Å². The summed E-state index contributed by atoms with van der Waals surface area (Å²) in [5.41, 5.74) is -0.820. The largest absolute Gasteiger partial charge is 0.479 e. The molecule has 0 bridgehead atoms. The Labute approximate surface area is 80.2 Å². The van der Waals surface area contributed by atoms with Crippen LogP contribution in [0.4, 0.5) is 0 Å². The highest BCUT2D eigenvalue weighted by molar-refractivity contribution is 6.70. The van der Waals surface area contributed by atoms with Crippen molar-refractivity contribution in [2.24, 2.45) is 5.92 Å². The number of aliphatic carboxylic acids is 1. The number of carboxylic acid groups (broad SMARTS) is 1. The van der Waals surface area contributed by atoms with Crippen LogP contribution in [0.15, 0.2) is 0 Å². The van der Waals surface area contributed by atoms with Crippen molar-refractivity contribution in [1.29, 1.82) is 0 Å². The van der Waals surface area contributed by atoms with Crippen LogP contribution in [0.2, 0.25) is 19.6 Å². The Morgan fingerprint density at radius 2 is 2.15 bits per heavy atom. The van der Waals surface area contributed by atoms with Crippen LogP contribution in [0.3, 0.4) is 0 Å². The molecule has 4 heteroatoms. The molecule has 0 heterocycles. The van der Waals surface area contributed by atoms with Gasteiger partial charge in [0.1, 0.15) is 0 Å². The van der Waals surface area contributed by atoms with Crippen LogP contribution in [0.1, 0.15) is 19.8 Å². The average molecular weight is 202 g/mol. The zero-order valence-electron chi connectivity index (χ0n) is 8.76. The molecular weight excluding hydrogens is 184 g/mol. The van der Waals surface area contributed by atoms with Crippen molar-refractivity contribution in [1.82, 2.24) is 0 Å². The van der Waals surface area contributed by atoms with Gasteiger partial charge in [0.05, 0.1) is 0 Å². The molecule has 0 aromatic rings. The van der Waals surface area contributed by atoms with Gasteiger partial charge in [-0.05, 0) is 32.5 Å². The van der Waals surface area contributed by atoms with Crippen LogP contribution in [-0.2, 0) is 9.22 Å². The lowest BCUT2D eigenvalue weighted by molar-refractivity contribution is -0.148. The maximum Gasteiger partial charge on any atom is 0.335 e. The topological polar surface area (TPSA) is 46.5 Å². The van der Waals surface area contributed by atoms with Crippen molar-refractivity contribution in [2.45, 2.75) is 45.0 Å². The zero-order valence-corrected chi connectivity index (χ0v) is 9.76. The summed E-state index contributed by atoms with van der Waals surface area (Å²) in [6.45, 7) is 8.11. The van der Waals surface area contributed by atoms with Gasteiger partial charge in [-0.1, -0.05) is 6.92 Å². The first-order valence-electron chi connectivity index (χ1n) is 4.75. The van der Waals surface area contributed by atoms with Gasteiger partial charge in [0.25, 0.3) is 0 Å². The first-order chi connectivity index (χ1) is 5.82. The zero-order chi connectivity index (χ0) is 10.3. The first-order valence-corrected chi connectivity index (χ1v) is 8.16. The Morgan fingerprint density at radius 1 is 1.62 bits per heavy atom. The van der Waals surface area contributed by atoms with E-state index in [2.05, 4.69) is 0 Å². The highest BCUT2D eigenvalue weighted by Crippen LogP contribution is 2.50. The quantitative estimate of drug-likeness (QED) is 0.710. The third kappa shape index (κ3) is 2.11. The summed E-state index contributed by atoms with van der Waals surface area (Å²) >= 11 is 0. The molecule has 76 valence electrons. The number of carbonyl (C=O) groups is 1. The average Bonchev–Trinajstić information content (AvgIpc) is 2.60. The van der Waals surface area contributed by atoms with Gasteiger partial charge in [0.2, 0.25) is 0 Å². The minimum absolute atomic E-state index is 0.233. The first kappa shape index (κ1) is 10.7. The summed E-state index contributed by atoms with van der Waals surface area (Å²) in [6, 6.07) is 0. The number of carboxylic acids is 1. The highest BCUT2D eigenvalue weighted by atomic mass is 28.4. The Balaban J connectivity index is 2.68. The Morgan fingerprint density at radius 3 is 2.38 bits per heavy atom. The molecule has 1 N–H and O–H groups in total. The smallest absolute Gasteiger partial charge is 0.335 e. The van der Waals surface area contributed by atoms with E-state index < -0.39 is 19.9 Å². The van der Waals surface area contributed by atoms with E-state index in [9.17, 15) is 4.79 Å². The molecule has 1 saturated carbocycles. The molecular formula is C9H18O3Si. The van der Waals surface area contributed by atoms with Crippen molar-refractivity contribution in [3.63, 3.8) is 0 Å². The van der Waals surface area contributed by atoms with E-state index in [4.69, 9.17) is 9.53 Å². The normalized spacial score (nSPS) is 33.1. The lowest BCUT2D eigenvalue weighted by Gasteiger charge is -2.24. The monoisotopic (exact) mass is 202 g/mol. The van der Waals surface area contributed by atoms with Crippen molar-refractivity contribution >= 4 is 14.3 Å². The Kier molecular flexibility index (Phi) is 2.56. The lowest BCUT2D eigenvalue weighted by Crippen LogP contribution is -2.39. The standard InChI is InChI=1S/C9H18O3Si/c1-5-7-6-9(7,8(10)11)12-13(2,3)4/h7H,5-6H2,1-4H3,(H,10,11). The van der Waals surface area contributed by atoms with E-state index in [1.807, 2.05) is 26.6 Å². The summed E-state index contributed by atoms with van der Waals surface area (Å²) in [5, 5.41) is 9.07. The van der Waals surface area contributed by atoms with Gasteiger partial charge >= 0.3 is 5.97 Å². The number of rotatable bonds is 4. The maximum absolute atomic E-state index is 11.0. The van der Waals surface area contributed by atoms with Gasteiger partial charge in [-0.3, -0.25) is 0 Å². The molecule has 13 heavy (non-hydrogen) atoms. The summed E-state index contributed by atoms with van der Waals surface area (Å²) in [5.74, 6) is -0.543. The Hall–Kier alpha value is -0.353. The van der Waals surface area contributed by atoms with E-state index in [0.29, 0.717) is 6.42 Å². The van der Waals surface area contributed by atoms with Crippen molar-refractivity contribution in [3.8, 4) is 0 Å². The third-order valence-electron chi connectivity index (χ3n) is 2.39. The molecule has 2 unspecified atom stereocenters. The van der Waals surface area contributed by atoms with Gasteiger partial charge in [-0.25, -0.2) is 4.79 Å². The van der Waals surface area contributed by atoms with Crippen molar-refractivity contribution < 1.29 is 14.3 Å². The fourth-order valence-electron chi connectivity index (χ4n) is 1.76. The highest BCUT2D eigenvalue weighted by Gasteiger charge is 2.62. The molecule has 1 fully saturated rings. The summed E-state index contributed by atoms with van der Waals surface area (Å²) < 4.78 is 5.74. The number of hydrogen-bond donors (Lipinski definition) is 1. The predicted octanol–water partition coefficient (Wildman–Crippen LogP) is 2.09. The van der Waals surface area contributed by atoms with Crippen molar-refractivity contribution in [3.05, 3.63) is 0 Å². The molecule has 0 saturated heterocycles. The molecule has 3 nitrogen and oxygen atoms in total. The summed E-state index contributed by atoms with van der Waals surface area (Å²) in [4.78, 5) is 11.0. The van der Waals surface area contributed by atoms with Crippen molar-refractivity contribution in [2.75, 3.05) is 0 Å². The van der Waals surface area contributed by atoms with Crippen LogP contribution in [-0.4, -0.2) is 25.0 Å². The van der Waals surface area contributed by atoms with E-state index in [1.165, 1.54) is 0 Å². The van der Waals surface area contributed by atoms with Gasteiger partial charge in [0, 0.05) is 5.92 Å². The number of hydrogen-bond acceptors (Lipinski definition) is 2. The molecule has 1 aliphatic rings. The SMILES string of the molecule is CCC1CC1(O[Si](C)(C)C)C(=O)O. The van der Waals surface area contributed by atoms with E-state index in [-0.39, 0.29) is 5.92 Å². The van der Waals surface area contributed by atoms with E-state index in [1.54, 1.807) is 0 Å². The summed E-state index contributed by atoms with van der Waals surface area (Å²) in [7, 11) is -1.73.